The summed E-state index contributed by atoms with van der Waals surface area (Å²) in [6, 6.07) is 19.8. The van der Waals surface area contributed by atoms with Crippen molar-refractivity contribution in [2.75, 3.05) is 6.54 Å². The summed E-state index contributed by atoms with van der Waals surface area (Å²) in [5, 5.41) is 0. The van der Waals surface area contributed by atoms with Crippen LogP contribution in [0.5, 0.6) is 0 Å². The zero-order valence-electron chi connectivity index (χ0n) is 15.2. The van der Waals surface area contributed by atoms with E-state index in [1.54, 1.807) is 4.90 Å². The number of hydrogen-bond donors (Lipinski definition) is 1. The molecule has 3 aromatic rings. The van der Waals surface area contributed by atoms with Crippen molar-refractivity contribution in [2.24, 2.45) is 0 Å². The average molecular weight is 363 g/mol. The van der Waals surface area contributed by atoms with Crippen molar-refractivity contribution in [1.82, 2.24) is 14.9 Å². The number of hydrogen-bond acceptors (Lipinski definition) is 3. The molecule has 1 aromatic heterocycles. The van der Waals surface area contributed by atoms with Crippen molar-refractivity contribution in [3.05, 3.63) is 78.2 Å². The molecule has 1 aliphatic heterocycles. The van der Waals surface area contributed by atoms with Crippen LogP contribution in [0.25, 0.3) is 11.3 Å². The third kappa shape index (κ3) is 4.03. The fraction of sp³-hybridized carbons (Fsp3) is 0.273. The topological polar surface area (TPSA) is 58.2 Å². The third-order valence-corrected chi connectivity index (χ3v) is 4.94. The van der Waals surface area contributed by atoms with E-state index in [2.05, 4.69) is 9.97 Å². The van der Waals surface area contributed by atoms with E-state index in [1.807, 2.05) is 66.9 Å². The number of aromatic nitrogens is 2. The molecule has 1 fully saturated rings. The molecular weight excluding hydrogens is 338 g/mol. The van der Waals surface area contributed by atoms with E-state index in [-0.39, 0.29) is 20.2 Å². The highest BCUT2D eigenvalue weighted by molar-refractivity contribution is 5.68. The van der Waals surface area contributed by atoms with Gasteiger partial charge in [0.15, 0.2) is 0 Å². The quantitative estimate of drug-likeness (QED) is 0.694. The van der Waals surface area contributed by atoms with Gasteiger partial charge in [-0.1, -0.05) is 60.7 Å². The van der Waals surface area contributed by atoms with Gasteiger partial charge in [-0.15, -0.1) is 0 Å². The highest BCUT2D eigenvalue weighted by Gasteiger charge is 2.31. The van der Waals surface area contributed by atoms with Crippen LogP contribution in [0, 0.1) is 0 Å². The predicted octanol–water partition coefficient (Wildman–Crippen LogP) is 5.19. The van der Waals surface area contributed by atoms with Crippen LogP contribution in [0.3, 0.4) is 0 Å². The van der Waals surface area contributed by atoms with Gasteiger partial charge >= 0.3 is 6.09 Å². The van der Waals surface area contributed by atoms with E-state index in [4.69, 9.17) is 4.74 Å². The largest absolute Gasteiger partial charge is 0.445 e. The predicted molar refractivity (Wildman–Crippen MR) is 106 cm³/mol. The zero-order chi connectivity index (χ0) is 18.5. The van der Waals surface area contributed by atoms with E-state index < -0.39 is 0 Å². The lowest BCUT2D eigenvalue weighted by Gasteiger charge is -2.33. The average Bonchev–Trinajstić information content (AvgIpc) is 3.23. The van der Waals surface area contributed by atoms with E-state index in [1.165, 1.54) is 0 Å². The SMILES string of the molecule is O=C(OCc1ccccc1)N1CCCC[C@H]1c1ncc(-c2ccccc2)[nH]1.[HH]. The number of nitrogens with zero attached hydrogens (tertiary/aromatic N) is 2. The lowest BCUT2D eigenvalue weighted by molar-refractivity contribution is 0.0660. The van der Waals surface area contributed by atoms with Gasteiger partial charge in [-0.3, -0.25) is 4.90 Å². The third-order valence-electron chi connectivity index (χ3n) is 4.94. The Morgan fingerprint density at radius 3 is 2.63 bits per heavy atom. The fourth-order valence-corrected chi connectivity index (χ4v) is 3.51. The minimum atomic E-state index is -0.277. The second kappa shape index (κ2) is 8.08. The number of likely N-dealkylation sites (tertiary alicyclic amines) is 1. The van der Waals surface area contributed by atoms with Crippen molar-refractivity contribution < 1.29 is 11.0 Å². The second-order valence-electron chi connectivity index (χ2n) is 6.79. The Kier molecular flexibility index (Phi) is 5.19. The Morgan fingerprint density at radius 2 is 1.85 bits per heavy atom. The smallest absolute Gasteiger partial charge is 0.410 e. The lowest BCUT2D eigenvalue weighted by atomic mass is 10.0. The standard InChI is InChI=1S/C22H23N3O2.H2/c26-22(27-16-17-9-3-1-4-10-17)25-14-8-7-13-20(25)21-23-15-19(24-21)18-11-5-2-6-12-18;/h1-6,9-12,15,20H,7-8,13-14,16H2,(H,23,24);1H/t20-;/m0./s1. The van der Waals surface area contributed by atoms with Gasteiger partial charge in [-0.2, -0.15) is 0 Å². The molecule has 1 N–H and O–H groups in total. The molecule has 5 heteroatoms. The molecule has 4 rings (SSSR count). The van der Waals surface area contributed by atoms with Crippen LogP contribution in [0.2, 0.25) is 0 Å². The number of H-pyrrole nitrogens is 1. The summed E-state index contributed by atoms with van der Waals surface area (Å²) in [6.45, 7) is 0.982. The number of ether oxygens (including phenoxy) is 1. The number of imidazole rings is 1. The van der Waals surface area contributed by atoms with Crippen LogP contribution >= 0.6 is 0 Å². The number of nitrogens with one attached hydrogen (secondary N) is 1. The summed E-state index contributed by atoms with van der Waals surface area (Å²) in [7, 11) is 0. The summed E-state index contributed by atoms with van der Waals surface area (Å²) in [5.74, 6) is 0.824. The fourth-order valence-electron chi connectivity index (χ4n) is 3.51. The van der Waals surface area contributed by atoms with Gasteiger partial charge in [0.05, 0.1) is 17.9 Å². The first-order valence-corrected chi connectivity index (χ1v) is 9.39. The molecule has 1 amide bonds. The summed E-state index contributed by atoms with van der Waals surface area (Å²) in [4.78, 5) is 22.5. The van der Waals surface area contributed by atoms with Crippen molar-refractivity contribution in [2.45, 2.75) is 31.9 Å². The molecule has 0 aliphatic carbocycles. The van der Waals surface area contributed by atoms with E-state index in [9.17, 15) is 4.79 Å². The highest BCUT2D eigenvalue weighted by atomic mass is 16.6. The molecule has 0 saturated carbocycles. The monoisotopic (exact) mass is 363 g/mol. The first kappa shape index (κ1) is 17.3. The molecule has 0 unspecified atom stereocenters. The lowest BCUT2D eigenvalue weighted by Crippen LogP contribution is -2.39. The summed E-state index contributed by atoms with van der Waals surface area (Å²) in [6.07, 6.45) is 4.52. The Balaban J connectivity index is 0.00000225. The molecule has 0 radical (unpaired) electrons. The molecule has 140 valence electrons. The zero-order valence-corrected chi connectivity index (χ0v) is 15.2. The number of carbonyl (C=O) groups excluding carboxylic acids is 1. The molecule has 1 atom stereocenters. The number of rotatable bonds is 4. The maximum absolute atomic E-state index is 12.7. The first-order valence-electron chi connectivity index (χ1n) is 9.39. The number of piperidine rings is 1. The first-order chi connectivity index (χ1) is 13.3. The highest BCUT2D eigenvalue weighted by Crippen LogP contribution is 2.31. The number of benzene rings is 2. The van der Waals surface area contributed by atoms with Crippen LogP contribution in [0.1, 0.15) is 38.1 Å². The summed E-state index contributed by atoms with van der Waals surface area (Å²) < 4.78 is 5.56. The van der Waals surface area contributed by atoms with Crippen LogP contribution in [0.4, 0.5) is 4.79 Å². The van der Waals surface area contributed by atoms with Crippen molar-refractivity contribution in [3.8, 4) is 11.3 Å². The molecule has 1 saturated heterocycles. The van der Waals surface area contributed by atoms with E-state index >= 15 is 0 Å². The molecule has 27 heavy (non-hydrogen) atoms. The summed E-state index contributed by atoms with van der Waals surface area (Å²) >= 11 is 0. The molecule has 0 spiro atoms. The molecule has 2 heterocycles. The van der Waals surface area contributed by atoms with Crippen LogP contribution in [-0.2, 0) is 11.3 Å². The van der Waals surface area contributed by atoms with Gasteiger partial charge in [-0.05, 0) is 30.4 Å². The van der Waals surface area contributed by atoms with Gasteiger partial charge in [0, 0.05) is 7.97 Å². The molecular formula is C22H25N3O2. The maximum Gasteiger partial charge on any atom is 0.410 e. The second-order valence-corrected chi connectivity index (χ2v) is 6.79. The van der Waals surface area contributed by atoms with Gasteiger partial charge in [0.1, 0.15) is 12.4 Å². The van der Waals surface area contributed by atoms with Crippen molar-refractivity contribution in [1.29, 1.82) is 0 Å². The van der Waals surface area contributed by atoms with E-state index in [0.717, 1.165) is 41.9 Å². The van der Waals surface area contributed by atoms with Crippen LogP contribution < -0.4 is 0 Å². The Hall–Kier alpha value is -3.08. The van der Waals surface area contributed by atoms with E-state index in [0.29, 0.717) is 6.54 Å². The molecule has 0 bridgehead atoms. The number of carbonyl (C=O) groups is 1. The van der Waals surface area contributed by atoms with Gasteiger partial charge in [0.2, 0.25) is 0 Å². The van der Waals surface area contributed by atoms with Gasteiger partial charge < -0.3 is 9.72 Å². The Morgan fingerprint density at radius 1 is 1.11 bits per heavy atom. The van der Waals surface area contributed by atoms with Gasteiger partial charge in [-0.25, -0.2) is 9.78 Å². The summed E-state index contributed by atoms with van der Waals surface area (Å²) in [5.41, 5.74) is 3.04. The minimum Gasteiger partial charge on any atom is -0.445 e. The van der Waals surface area contributed by atoms with Crippen molar-refractivity contribution in [3.63, 3.8) is 0 Å². The maximum atomic E-state index is 12.7. The Bertz CT molecular complexity index is 883. The molecule has 2 aromatic carbocycles. The minimum absolute atomic E-state index is 0. The van der Waals surface area contributed by atoms with Crippen LogP contribution in [-0.4, -0.2) is 27.5 Å². The molecule has 5 nitrogen and oxygen atoms in total. The van der Waals surface area contributed by atoms with Gasteiger partial charge in [0.25, 0.3) is 0 Å². The number of amides is 1. The normalized spacial score (nSPS) is 16.9. The van der Waals surface area contributed by atoms with Crippen molar-refractivity contribution >= 4 is 6.09 Å². The molecule has 1 aliphatic rings. The van der Waals surface area contributed by atoms with Crippen LogP contribution in [0.15, 0.2) is 66.9 Å². The number of aromatic amines is 1. The Labute approximate surface area is 160 Å².